The van der Waals surface area contributed by atoms with Crippen LogP contribution in [0, 0.1) is 0 Å². The quantitative estimate of drug-likeness (QED) is 0.392. The molecule has 7 heteroatoms. The molecule has 0 radical (unpaired) electrons. The van der Waals surface area contributed by atoms with Crippen molar-refractivity contribution in [3.05, 3.63) is 35.9 Å². The van der Waals surface area contributed by atoms with E-state index in [4.69, 9.17) is 5.21 Å². The number of carbonyl (C=O) groups excluding carboxylic acids is 2. The Kier molecular flexibility index (Phi) is 7.81. The molecule has 136 valence electrons. The average Bonchev–Trinajstić information content (AvgIpc) is 2.65. The zero-order valence-electron chi connectivity index (χ0n) is 14.4. The number of hydroxylamine groups is 1. The second-order valence-corrected chi connectivity index (χ2v) is 7.11. The lowest BCUT2D eigenvalue weighted by atomic mass is 10.0. The summed E-state index contributed by atoms with van der Waals surface area (Å²) >= 11 is 1.63. The minimum Gasteiger partial charge on any atom is -0.371 e. The van der Waals surface area contributed by atoms with E-state index in [-0.39, 0.29) is 11.9 Å². The van der Waals surface area contributed by atoms with E-state index in [1.54, 1.807) is 23.3 Å². The first-order valence-electron chi connectivity index (χ1n) is 8.47. The first-order chi connectivity index (χ1) is 12.1. The molecule has 1 aliphatic heterocycles. The molecule has 0 unspecified atom stereocenters. The van der Waals surface area contributed by atoms with Crippen LogP contribution in [0.15, 0.2) is 30.3 Å². The van der Waals surface area contributed by atoms with E-state index in [1.807, 2.05) is 31.2 Å². The Labute approximate surface area is 152 Å². The molecule has 0 aromatic heterocycles. The Hall–Kier alpha value is -1.99. The minimum atomic E-state index is -0.554. The van der Waals surface area contributed by atoms with Gasteiger partial charge in [0.1, 0.15) is 0 Å². The van der Waals surface area contributed by atoms with Crippen molar-refractivity contribution in [3.63, 3.8) is 0 Å². The fraction of sp³-hybridized carbons (Fsp3) is 0.444. The van der Waals surface area contributed by atoms with Crippen molar-refractivity contribution in [2.24, 2.45) is 0 Å². The molecule has 1 aromatic rings. The number of thioether (sulfide) groups is 1. The van der Waals surface area contributed by atoms with E-state index in [0.717, 1.165) is 42.9 Å². The topological polar surface area (TPSA) is 81.7 Å². The number of hydrogen-bond acceptors (Lipinski definition) is 5. The summed E-state index contributed by atoms with van der Waals surface area (Å²) in [6.07, 6.45) is 4.79. The van der Waals surface area contributed by atoms with Crippen LogP contribution in [-0.2, 0) is 9.59 Å². The molecule has 1 aliphatic rings. The summed E-state index contributed by atoms with van der Waals surface area (Å²) in [6.45, 7) is 3.75. The number of rotatable bonds is 7. The molecule has 0 saturated carbocycles. The Bertz CT molecular complexity index is 613. The van der Waals surface area contributed by atoms with Crippen molar-refractivity contribution >= 4 is 35.3 Å². The summed E-state index contributed by atoms with van der Waals surface area (Å²) in [7, 11) is 0. The molecule has 0 bridgehead atoms. The zero-order chi connectivity index (χ0) is 18.1. The molecular formula is C18H25N3O3S. The van der Waals surface area contributed by atoms with Gasteiger partial charge in [-0.3, -0.25) is 14.8 Å². The normalized spacial score (nSPS) is 15.4. The van der Waals surface area contributed by atoms with Gasteiger partial charge in [0, 0.05) is 30.9 Å². The molecular weight excluding hydrogens is 338 g/mol. The Morgan fingerprint density at radius 3 is 2.72 bits per heavy atom. The maximum atomic E-state index is 11.8. The lowest BCUT2D eigenvalue weighted by Crippen LogP contribution is -2.45. The Morgan fingerprint density at radius 1 is 1.32 bits per heavy atom. The maximum Gasteiger partial charge on any atom is 0.267 e. The number of benzene rings is 1. The van der Waals surface area contributed by atoms with Crippen LogP contribution in [0.25, 0.3) is 6.08 Å². The molecule has 6 nitrogen and oxygen atoms in total. The molecule has 1 aromatic carbocycles. The van der Waals surface area contributed by atoms with Crippen molar-refractivity contribution in [2.75, 3.05) is 29.5 Å². The molecule has 2 rings (SSSR count). The summed E-state index contributed by atoms with van der Waals surface area (Å²) in [5.41, 5.74) is 3.57. The number of piperidine rings is 1. The van der Waals surface area contributed by atoms with Gasteiger partial charge in [0.15, 0.2) is 0 Å². The SMILES string of the molecule is CCSCC(=O)NC1CCN(c2ccccc2/C=C/C(=O)NO)CC1. The Morgan fingerprint density at radius 2 is 2.04 bits per heavy atom. The Balaban J connectivity index is 1.93. The van der Waals surface area contributed by atoms with Crippen molar-refractivity contribution in [3.8, 4) is 0 Å². The van der Waals surface area contributed by atoms with Crippen LogP contribution in [0.1, 0.15) is 25.3 Å². The summed E-state index contributed by atoms with van der Waals surface area (Å²) in [4.78, 5) is 25.3. The third kappa shape index (κ3) is 6.10. The molecule has 1 fully saturated rings. The first-order valence-corrected chi connectivity index (χ1v) is 9.62. The number of nitrogens with zero attached hydrogens (tertiary/aromatic N) is 1. The number of nitrogens with one attached hydrogen (secondary N) is 2. The highest BCUT2D eigenvalue weighted by Crippen LogP contribution is 2.25. The van der Waals surface area contributed by atoms with Gasteiger partial charge in [-0.2, -0.15) is 11.8 Å². The van der Waals surface area contributed by atoms with Crippen molar-refractivity contribution in [1.29, 1.82) is 0 Å². The predicted octanol–water partition coefficient (Wildman–Crippen LogP) is 2.04. The molecule has 2 amide bonds. The summed E-state index contributed by atoms with van der Waals surface area (Å²) in [6, 6.07) is 8.07. The van der Waals surface area contributed by atoms with E-state index < -0.39 is 5.91 Å². The van der Waals surface area contributed by atoms with Crippen LogP contribution in [0.5, 0.6) is 0 Å². The van der Waals surface area contributed by atoms with Crippen LogP contribution in [0.3, 0.4) is 0 Å². The van der Waals surface area contributed by atoms with E-state index in [0.29, 0.717) is 5.75 Å². The monoisotopic (exact) mass is 363 g/mol. The van der Waals surface area contributed by atoms with Gasteiger partial charge in [-0.15, -0.1) is 0 Å². The minimum absolute atomic E-state index is 0.114. The van der Waals surface area contributed by atoms with E-state index in [2.05, 4.69) is 10.2 Å². The molecule has 1 heterocycles. The molecule has 25 heavy (non-hydrogen) atoms. The van der Waals surface area contributed by atoms with E-state index in [1.165, 1.54) is 6.08 Å². The van der Waals surface area contributed by atoms with Gasteiger partial charge in [-0.25, -0.2) is 5.48 Å². The van der Waals surface area contributed by atoms with Gasteiger partial charge in [0.05, 0.1) is 5.75 Å². The van der Waals surface area contributed by atoms with E-state index >= 15 is 0 Å². The summed E-state index contributed by atoms with van der Waals surface area (Å²) < 4.78 is 0. The smallest absolute Gasteiger partial charge is 0.267 e. The number of hydrogen-bond donors (Lipinski definition) is 3. The molecule has 1 saturated heterocycles. The van der Waals surface area contributed by atoms with Gasteiger partial charge in [0.2, 0.25) is 5.91 Å². The van der Waals surface area contributed by atoms with Gasteiger partial charge in [0.25, 0.3) is 5.91 Å². The number of amides is 2. The predicted molar refractivity (Wildman–Crippen MR) is 102 cm³/mol. The van der Waals surface area contributed by atoms with Crippen LogP contribution in [-0.4, -0.2) is 47.7 Å². The van der Waals surface area contributed by atoms with Crippen molar-refractivity contribution < 1.29 is 14.8 Å². The largest absolute Gasteiger partial charge is 0.371 e. The fourth-order valence-electron chi connectivity index (χ4n) is 2.85. The van der Waals surface area contributed by atoms with Gasteiger partial charge < -0.3 is 10.2 Å². The summed E-state index contributed by atoms with van der Waals surface area (Å²) in [5, 5.41) is 11.7. The fourth-order valence-corrected chi connectivity index (χ4v) is 3.32. The van der Waals surface area contributed by atoms with Crippen LogP contribution in [0.4, 0.5) is 5.69 Å². The number of para-hydroxylation sites is 1. The molecule has 3 N–H and O–H groups in total. The van der Waals surface area contributed by atoms with Crippen molar-refractivity contribution in [1.82, 2.24) is 10.8 Å². The van der Waals surface area contributed by atoms with Gasteiger partial charge in [-0.05, 0) is 36.3 Å². The first kappa shape index (κ1) is 19.3. The van der Waals surface area contributed by atoms with Crippen LogP contribution in [0.2, 0.25) is 0 Å². The third-order valence-corrected chi connectivity index (χ3v) is 4.97. The van der Waals surface area contributed by atoms with Gasteiger partial charge >= 0.3 is 0 Å². The third-order valence-electron chi connectivity index (χ3n) is 4.10. The molecule has 0 spiro atoms. The standard InChI is InChI=1S/C18H25N3O3S/c1-2-25-13-18(23)19-15-9-11-21(12-10-15)16-6-4-3-5-14(16)7-8-17(22)20-24/h3-8,15,24H,2,9-13H2,1H3,(H,19,23)(H,20,22)/b8-7+. The highest BCUT2D eigenvalue weighted by atomic mass is 32.2. The number of carbonyl (C=O) groups is 2. The van der Waals surface area contributed by atoms with Crippen LogP contribution >= 0.6 is 11.8 Å². The second kappa shape index (κ2) is 10.1. The molecule has 0 aliphatic carbocycles. The summed E-state index contributed by atoms with van der Waals surface area (Å²) in [5.74, 6) is 1.03. The zero-order valence-corrected chi connectivity index (χ0v) is 15.2. The van der Waals surface area contributed by atoms with Gasteiger partial charge in [-0.1, -0.05) is 25.1 Å². The maximum absolute atomic E-state index is 11.8. The molecule has 0 atom stereocenters. The highest BCUT2D eigenvalue weighted by molar-refractivity contribution is 7.99. The lowest BCUT2D eigenvalue weighted by Gasteiger charge is -2.34. The van der Waals surface area contributed by atoms with Crippen molar-refractivity contribution in [2.45, 2.75) is 25.8 Å². The lowest BCUT2D eigenvalue weighted by molar-refractivity contribution is -0.124. The van der Waals surface area contributed by atoms with Crippen LogP contribution < -0.4 is 15.7 Å². The highest BCUT2D eigenvalue weighted by Gasteiger charge is 2.21. The average molecular weight is 363 g/mol. The second-order valence-electron chi connectivity index (χ2n) is 5.83. The number of anilines is 1. The van der Waals surface area contributed by atoms with E-state index in [9.17, 15) is 9.59 Å².